The van der Waals surface area contributed by atoms with Gasteiger partial charge in [0.2, 0.25) is 5.95 Å². The molecular formula is C12H8N6. The first-order valence-electron chi connectivity index (χ1n) is 5.30. The second-order valence-corrected chi connectivity index (χ2v) is 3.60. The fourth-order valence-corrected chi connectivity index (χ4v) is 1.62. The van der Waals surface area contributed by atoms with Gasteiger partial charge in [0.1, 0.15) is 11.6 Å². The lowest BCUT2D eigenvalue weighted by molar-refractivity contribution is 1.17. The average Bonchev–Trinajstić information content (AvgIpc) is 2.87. The Morgan fingerprint density at radius 1 is 1.17 bits per heavy atom. The van der Waals surface area contributed by atoms with Crippen molar-refractivity contribution in [1.29, 1.82) is 5.26 Å². The van der Waals surface area contributed by atoms with Gasteiger partial charge in [0.25, 0.3) is 0 Å². The van der Waals surface area contributed by atoms with Crippen LogP contribution in [0.3, 0.4) is 0 Å². The highest BCUT2D eigenvalue weighted by Crippen LogP contribution is 2.16. The number of rotatable bonds is 2. The monoisotopic (exact) mass is 236 g/mol. The van der Waals surface area contributed by atoms with Crippen molar-refractivity contribution in [2.75, 3.05) is 5.32 Å². The van der Waals surface area contributed by atoms with E-state index in [0.717, 1.165) is 5.69 Å². The molecule has 2 heterocycles. The number of H-pyrrole nitrogens is 1. The molecule has 1 aromatic carbocycles. The number of nitrogens with zero attached hydrogens (tertiary/aromatic N) is 4. The second kappa shape index (κ2) is 4.14. The predicted octanol–water partition coefficient (Wildman–Crippen LogP) is 1.97. The number of aromatic amines is 1. The number of aromatic nitrogens is 4. The van der Waals surface area contributed by atoms with E-state index >= 15 is 0 Å². The maximum absolute atomic E-state index is 9.03. The van der Waals surface area contributed by atoms with E-state index in [9.17, 15) is 0 Å². The molecule has 0 unspecified atom stereocenters. The second-order valence-electron chi connectivity index (χ2n) is 3.60. The van der Waals surface area contributed by atoms with E-state index < -0.39 is 0 Å². The summed E-state index contributed by atoms with van der Waals surface area (Å²) in [7, 11) is 0. The van der Waals surface area contributed by atoms with Gasteiger partial charge >= 0.3 is 0 Å². The molecule has 0 saturated heterocycles. The highest BCUT2D eigenvalue weighted by molar-refractivity contribution is 5.77. The van der Waals surface area contributed by atoms with Gasteiger partial charge in [-0.05, 0) is 12.1 Å². The Bertz CT molecular complexity index is 725. The Balaban J connectivity index is 2.05. The quantitative estimate of drug-likeness (QED) is 0.709. The van der Waals surface area contributed by atoms with Crippen LogP contribution in [0.1, 0.15) is 5.69 Å². The third-order valence-electron chi connectivity index (χ3n) is 2.42. The number of benzene rings is 1. The summed E-state index contributed by atoms with van der Waals surface area (Å²) >= 11 is 0. The molecule has 18 heavy (non-hydrogen) atoms. The van der Waals surface area contributed by atoms with Gasteiger partial charge in [-0.1, -0.05) is 18.2 Å². The van der Waals surface area contributed by atoms with Gasteiger partial charge in [-0.25, -0.2) is 4.98 Å². The number of nitrogens with one attached hydrogen (secondary N) is 2. The number of anilines is 2. The molecule has 3 aromatic rings. The minimum atomic E-state index is 0.274. The van der Waals surface area contributed by atoms with Crippen molar-refractivity contribution < 1.29 is 0 Å². The zero-order chi connectivity index (χ0) is 12.4. The molecular weight excluding hydrogens is 228 g/mol. The number of nitriles is 1. The van der Waals surface area contributed by atoms with Crippen molar-refractivity contribution in [3.8, 4) is 6.07 Å². The molecule has 6 heteroatoms. The van der Waals surface area contributed by atoms with Crippen LogP contribution in [-0.4, -0.2) is 19.9 Å². The Hall–Kier alpha value is -2.94. The van der Waals surface area contributed by atoms with Gasteiger partial charge in [0.05, 0.1) is 6.33 Å². The summed E-state index contributed by atoms with van der Waals surface area (Å²) in [6.45, 7) is 0. The van der Waals surface area contributed by atoms with E-state index in [-0.39, 0.29) is 5.69 Å². The van der Waals surface area contributed by atoms with Gasteiger partial charge in [-0.15, -0.1) is 0 Å². The molecule has 0 aliphatic heterocycles. The van der Waals surface area contributed by atoms with Gasteiger partial charge in [-0.3, -0.25) is 0 Å². The predicted molar refractivity (Wildman–Crippen MR) is 66.1 cm³/mol. The van der Waals surface area contributed by atoms with Crippen molar-refractivity contribution in [3.63, 3.8) is 0 Å². The SMILES string of the molecule is N#Cc1nc(Nc2ccccc2)nc2nc[nH]c12. The van der Waals surface area contributed by atoms with E-state index in [4.69, 9.17) is 5.26 Å². The maximum Gasteiger partial charge on any atom is 0.230 e. The molecule has 2 aromatic heterocycles. The first-order valence-corrected chi connectivity index (χ1v) is 5.30. The van der Waals surface area contributed by atoms with Gasteiger partial charge < -0.3 is 10.3 Å². The molecule has 0 aliphatic rings. The van der Waals surface area contributed by atoms with E-state index in [0.29, 0.717) is 17.1 Å². The van der Waals surface area contributed by atoms with Gasteiger partial charge in [0.15, 0.2) is 11.3 Å². The molecule has 0 atom stereocenters. The molecule has 86 valence electrons. The molecule has 0 aliphatic carbocycles. The summed E-state index contributed by atoms with van der Waals surface area (Å²) in [5, 5.41) is 12.1. The summed E-state index contributed by atoms with van der Waals surface area (Å²) < 4.78 is 0. The standard InChI is InChI=1S/C12H8N6/c13-6-9-10-11(15-7-14-10)18-12(17-9)16-8-4-2-1-3-5-8/h1-5,7H,(H2,14,15,16,17,18). The van der Waals surface area contributed by atoms with Crippen LogP contribution in [0.15, 0.2) is 36.7 Å². The van der Waals surface area contributed by atoms with Crippen molar-refractivity contribution in [1.82, 2.24) is 19.9 Å². The van der Waals surface area contributed by atoms with E-state index in [2.05, 4.69) is 25.3 Å². The first-order chi connectivity index (χ1) is 8.86. The Morgan fingerprint density at radius 2 is 2.00 bits per heavy atom. The normalized spacial score (nSPS) is 10.2. The number of hydrogen-bond donors (Lipinski definition) is 2. The fraction of sp³-hybridized carbons (Fsp3) is 0. The van der Waals surface area contributed by atoms with Crippen molar-refractivity contribution in [2.24, 2.45) is 0 Å². The highest BCUT2D eigenvalue weighted by Gasteiger charge is 2.09. The van der Waals surface area contributed by atoms with Gasteiger partial charge in [0, 0.05) is 5.69 Å². The van der Waals surface area contributed by atoms with Crippen molar-refractivity contribution in [2.45, 2.75) is 0 Å². The van der Waals surface area contributed by atoms with Crippen LogP contribution in [0.4, 0.5) is 11.6 Å². The third-order valence-corrected chi connectivity index (χ3v) is 2.42. The van der Waals surface area contributed by atoms with E-state index in [1.807, 2.05) is 36.4 Å². The first kappa shape index (κ1) is 10.2. The molecule has 0 spiro atoms. The summed E-state index contributed by atoms with van der Waals surface area (Å²) in [6.07, 6.45) is 1.49. The number of hydrogen-bond acceptors (Lipinski definition) is 5. The van der Waals surface area contributed by atoms with Crippen LogP contribution in [0.25, 0.3) is 11.2 Å². The molecule has 3 rings (SSSR count). The largest absolute Gasteiger partial charge is 0.341 e. The van der Waals surface area contributed by atoms with E-state index in [1.165, 1.54) is 6.33 Å². The number of para-hydroxylation sites is 1. The number of fused-ring (bicyclic) bond motifs is 1. The van der Waals surface area contributed by atoms with Crippen molar-refractivity contribution in [3.05, 3.63) is 42.4 Å². The lowest BCUT2D eigenvalue weighted by atomic mass is 10.3. The minimum Gasteiger partial charge on any atom is -0.341 e. The zero-order valence-corrected chi connectivity index (χ0v) is 9.25. The Labute approximate surface area is 102 Å². The molecule has 6 nitrogen and oxygen atoms in total. The fourth-order valence-electron chi connectivity index (χ4n) is 1.62. The Morgan fingerprint density at radius 3 is 2.78 bits per heavy atom. The lowest BCUT2D eigenvalue weighted by Gasteiger charge is -2.04. The summed E-state index contributed by atoms with van der Waals surface area (Å²) in [5.41, 5.74) is 2.16. The minimum absolute atomic E-state index is 0.274. The lowest BCUT2D eigenvalue weighted by Crippen LogP contribution is -1.99. The summed E-state index contributed by atoms with van der Waals surface area (Å²) in [6, 6.07) is 11.5. The third kappa shape index (κ3) is 1.74. The smallest absolute Gasteiger partial charge is 0.230 e. The molecule has 0 saturated carbocycles. The van der Waals surface area contributed by atoms with Crippen LogP contribution in [0.2, 0.25) is 0 Å². The molecule has 0 bridgehead atoms. The molecule has 0 amide bonds. The molecule has 0 radical (unpaired) electrons. The summed E-state index contributed by atoms with van der Waals surface area (Å²) in [4.78, 5) is 15.2. The van der Waals surface area contributed by atoms with E-state index in [1.54, 1.807) is 0 Å². The average molecular weight is 236 g/mol. The van der Waals surface area contributed by atoms with Crippen LogP contribution < -0.4 is 5.32 Å². The van der Waals surface area contributed by atoms with Gasteiger partial charge in [-0.2, -0.15) is 15.2 Å². The summed E-state index contributed by atoms with van der Waals surface area (Å²) in [5.74, 6) is 0.359. The Kier molecular flexibility index (Phi) is 2.35. The van der Waals surface area contributed by atoms with Crippen LogP contribution >= 0.6 is 0 Å². The zero-order valence-electron chi connectivity index (χ0n) is 9.25. The van der Waals surface area contributed by atoms with Crippen LogP contribution in [-0.2, 0) is 0 Å². The number of imidazole rings is 1. The van der Waals surface area contributed by atoms with Crippen LogP contribution in [0, 0.1) is 11.3 Å². The molecule has 2 N–H and O–H groups in total. The topological polar surface area (TPSA) is 90.3 Å². The highest BCUT2D eigenvalue weighted by atomic mass is 15.1. The van der Waals surface area contributed by atoms with Crippen LogP contribution in [0.5, 0.6) is 0 Å². The maximum atomic E-state index is 9.03. The molecule has 0 fully saturated rings. The van der Waals surface area contributed by atoms with Crippen molar-refractivity contribution >= 4 is 22.8 Å².